The molecule has 0 aliphatic heterocycles. The fourth-order valence-corrected chi connectivity index (χ4v) is 6.89. The quantitative estimate of drug-likeness (QED) is 0.197. The number of para-hydroxylation sites is 2. The highest BCUT2D eigenvalue weighted by Crippen LogP contribution is 2.37. The Kier molecular flexibility index (Phi) is 5.77. The van der Waals surface area contributed by atoms with Gasteiger partial charge in [0.25, 0.3) is 0 Å². The molecule has 0 fully saturated rings. The fraction of sp³-hybridized carbons (Fsp3) is 0. The van der Waals surface area contributed by atoms with Gasteiger partial charge in [-0.15, -0.1) is 0 Å². The van der Waals surface area contributed by atoms with Gasteiger partial charge in [-0.3, -0.25) is 4.57 Å². The Labute approximate surface area is 274 Å². The number of pyridine rings is 1. The van der Waals surface area contributed by atoms with Crippen LogP contribution >= 0.6 is 0 Å². The normalized spacial score (nSPS) is 11.8. The van der Waals surface area contributed by atoms with E-state index < -0.39 is 0 Å². The number of fused-ring (bicyclic) bond motifs is 7. The van der Waals surface area contributed by atoms with Crippen molar-refractivity contribution in [2.45, 2.75) is 0 Å². The van der Waals surface area contributed by atoms with Crippen LogP contribution in [0.3, 0.4) is 0 Å². The van der Waals surface area contributed by atoms with Gasteiger partial charge in [0.1, 0.15) is 5.58 Å². The molecular formula is C42H25N5O. The van der Waals surface area contributed by atoms with E-state index >= 15 is 0 Å². The summed E-state index contributed by atoms with van der Waals surface area (Å²) in [6.45, 7) is 0. The van der Waals surface area contributed by atoms with Crippen molar-refractivity contribution in [3.8, 4) is 39.9 Å². The summed E-state index contributed by atoms with van der Waals surface area (Å²) in [4.78, 5) is 19.8. The lowest BCUT2D eigenvalue weighted by Crippen LogP contribution is -2.06. The van der Waals surface area contributed by atoms with E-state index in [1.165, 1.54) is 5.39 Å². The molecular weight excluding hydrogens is 590 g/mol. The first kappa shape index (κ1) is 26.5. The topological polar surface area (TPSA) is 69.6 Å². The molecule has 0 aliphatic carbocycles. The molecule has 0 unspecified atom stereocenters. The summed E-state index contributed by atoms with van der Waals surface area (Å²) in [5.41, 5.74) is 7.54. The molecule has 10 rings (SSSR count). The van der Waals surface area contributed by atoms with Gasteiger partial charge in [-0.2, -0.15) is 9.97 Å². The van der Waals surface area contributed by atoms with Crippen LogP contribution in [0.25, 0.3) is 94.5 Å². The molecule has 224 valence electrons. The summed E-state index contributed by atoms with van der Waals surface area (Å²) in [5.74, 6) is 1.80. The first-order valence-corrected chi connectivity index (χ1v) is 15.9. The first-order chi connectivity index (χ1) is 23.8. The zero-order chi connectivity index (χ0) is 31.6. The standard InChI is InChI=1S/C42H25N5O/c1-2-10-29-25-30(23-18-26(29)9-1)40-44-39(45-42(46-40)47-35-15-5-3-11-32(35)33-12-4-6-16-36(33)47)28-21-19-27(20-22-28)31-13-7-17-37-38(31)34-14-8-24-43-41(34)48-37/h1-25H. The molecule has 0 saturated heterocycles. The predicted molar refractivity (Wildman–Crippen MR) is 193 cm³/mol. The molecule has 6 nitrogen and oxygen atoms in total. The number of benzene rings is 6. The average molecular weight is 616 g/mol. The SMILES string of the molecule is c1ccc2cc(-c3nc(-c4ccc(-c5cccc6oc7ncccc7c56)cc4)nc(-n4c5ccccc5c5ccccc54)n3)ccc2c1. The first-order valence-electron chi connectivity index (χ1n) is 15.9. The second-order valence-electron chi connectivity index (χ2n) is 11.9. The highest BCUT2D eigenvalue weighted by atomic mass is 16.3. The van der Waals surface area contributed by atoms with Crippen molar-refractivity contribution in [2.24, 2.45) is 0 Å². The van der Waals surface area contributed by atoms with Crippen molar-refractivity contribution >= 4 is 54.6 Å². The Morgan fingerprint density at radius 1 is 0.479 bits per heavy atom. The van der Waals surface area contributed by atoms with Crippen molar-refractivity contribution in [3.05, 3.63) is 152 Å². The summed E-state index contributed by atoms with van der Waals surface area (Å²) >= 11 is 0. The van der Waals surface area contributed by atoms with Gasteiger partial charge >= 0.3 is 0 Å². The van der Waals surface area contributed by atoms with Crippen molar-refractivity contribution in [3.63, 3.8) is 0 Å². The molecule has 6 aromatic carbocycles. The van der Waals surface area contributed by atoms with E-state index in [1.54, 1.807) is 6.20 Å². The lowest BCUT2D eigenvalue weighted by atomic mass is 9.99. The van der Waals surface area contributed by atoms with Crippen LogP contribution in [0.2, 0.25) is 0 Å². The van der Waals surface area contributed by atoms with Crippen LogP contribution in [0.4, 0.5) is 0 Å². The Bertz CT molecular complexity index is 2800. The van der Waals surface area contributed by atoms with Crippen molar-refractivity contribution in [1.82, 2.24) is 24.5 Å². The van der Waals surface area contributed by atoms with Crippen molar-refractivity contribution in [2.75, 3.05) is 0 Å². The van der Waals surface area contributed by atoms with Gasteiger partial charge in [0.15, 0.2) is 11.6 Å². The van der Waals surface area contributed by atoms with Gasteiger partial charge in [-0.1, -0.05) is 109 Å². The zero-order valence-electron chi connectivity index (χ0n) is 25.6. The molecule has 4 heterocycles. The molecule has 6 heteroatoms. The van der Waals surface area contributed by atoms with E-state index in [2.05, 4.69) is 137 Å². The number of nitrogens with zero attached hydrogens (tertiary/aromatic N) is 5. The van der Waals surface area contributed by atoms with E-state index in [4.69, 9.17) is 19.4 Å². The molecule has 0 spiro atoms. The molecule has 0 radical (unpaired) electrons. The summed E-state index contributed by atoms with van der Waals surface area (Å²) in [6.07, 6.45) is 1.76. The van der Waals surface area contributed by atoms with Gasteiger partial charge in [0, 0.05) is 38.9 Å². The van der Waals surface area contributed by atoms with Crippen molar-refractivity contribution in [1.29, 1.82) is 0 Å². The number of rotatable bonds is 4. The van der Waals surface area contributed by atoms with Crippen LogP contribution in [-0.2, 0) is 0 Å². The minimum Gasteiger partial charge on any atom is -0.438 e. The molecule has 0 bridgehead atoms. The fourth-order valence-electron chi connectivity index (χ4n) is 6.89. The third kappa shape index (κ3) is 4.13. The smallest absolute Gasteiger partial charge is 0.238 e. The highest BCUT2D eigenvalue weighted by molar-refractivity contribution is 6.11. The molecule has 0 N–H and O–H groups in total. The number of hydrogen-bond donors (Lipinski definition) is 0. The molecule has 48 heavy (non-hydrogen) atoms. The largest absolute Gasteiger partial charge is 0.438 e. The van der Waals surface area contributed by atoms with E-state index in [0.29, 0.717) is 23.3 Å². The maximum atomic E-state index is 6.06. The third-order valence-corrected chi connectivity index (χ3v) is 9.14. The van der Waals surface area contributed by atoms with E-state index in [1.807, 2.05) is 18.2 Å². The lowest BCUT2D eigenvalue weighted by Gasteiger charge is -2.12. The van der Waals surface area contributed by atoms with Gasteiger partial charge in [-0.05, 0) is 58.3 Å². The van der Waals surface area contributed by atoms with Crippen molar-refractivity contribution < 1.29 is 4.42 Å². The Balaban J connectivity index is 1.17. The van der Waals surface area contributed by atoms with E-state index in [-0.39, 0.29) is 0 Å². The van der Waals surface area contributed by atoms with Crippen LogP contribution in [0.1, 0.15) is 0 Å². The molecule has 0 saturated carbocycles. The van der Waals surface area contributed by atoms with Gasteiger partial charge in [0.05, 0.1) is 11.0 Å². The maximum absolute atomic E-state index is 6.06. The average Bonchev–Trinajstić information content (AvgIpc) is 3.71. The number of aromatic nitrogens is 5. The minimum atomic E-state index is 0.576. The second kappa shape index (κ2) is 10.4. The summed E-state index contributed by atoms with van der Waals surface area (Å²) in [7, 11) is 0. The maximum Gasteiger partial charge on any atom is 0.238 e. The lowest BCUT2D eigenvalue weighted by molar-refractivity contribution is 0.654. The summed E-state index contributed by atoms with van der Waals surface area (Å²) in [6, 6.07) is 50.1. The van der Waals surface area contributed by atoms with Crippen LogP contribution in [0, 0.1) is 0 Å². The van der Waals surface area contributed by atoms with Gasteiger partial charge in [-0.25, -0.2) is 9.97 Å². The second-order valence-corrected chi connectivity index (χ2v) is 11.9. The highest BCUT2D eigenvalue weighted by Gasteiger charge is 2.18. The Morgan fingerprint density at radius 3 is 1.92 bits per heavy atom. The summed E-state index contributed by atoms with van der Waals surface area (Å²) in [5, 5.41) is 6.67. The molecule has 0 atom stereocenters. The van der Waals surface area contributed by atoms with Gasteiger partial charge in [0.2, 0.25) is 11.7 Å². The van der Waals surface area contributed by atoms with Crippen LogP contribution in [0.15, 0.2) is 156 Å². The van der Waals surface area contributed by atoms with Gasteiger partial charge < -0.3 is 4.42 Å². The molecule has 0 aliphatic rings. The van der Waals surface area contributed by atoms with Crippen LogP contribution in [0.5, 0.6) is 0 Å². The summed E-state index contributed by atoms with van der Waals surface area (Å²) < 4.78 is 8.21. The monoisotopic (exact) mass is 615 g/mol. The number of furan rings is 1. The molecule has 4 aromatic heterocycles. The molecule has 0 amide bonds. The zero-order valence-corrected chi connectivity index (χ0v) is 25.6. The van der Waals surface area contributed by atoms with E-state index in [0.717, 1.165) is 65.8 Å². The number of hydrogen-bond acceptors (Lipinski definition) is 5. The Hall–Kier alpha value is -6.66. The van der Waals surface area contributed by atoms with E-state index in [9.17, 15) is 0 Å². The third-order valence-electron chi connectivity index (χ3n) is 9.14. The predicted octanol–water partition coefficient (Wildman–Crippen LogP) is 10.4. The molecule has 10 aromatic rings. The minimum absolute atomic E-state index is 0.576. The van der Waals surface area contributed by atoms with Crippen LogP contribution in [-0.4, -0.2) is 24.5 Å². The van der Waals surface area contributed by atoms with Crippen LogP contribution < -0.4 is 0 Å². The Morgan fingerprint density at radius 2 is 1.12 bits per heavy atom.